The topological polar surface area (TPSA) is 33.2 Å². The van der Waals surface area contributed by atoms with Gasteiger partial charge in [-0.25, -0.2) is 9.65 Å². The molecule has 5 heteroatoms. The first-order chi connectivity index (χ1) is 11.3. The average molecular weight is 342 g/mol. The summed E-state index contributed by atoms with van der Waals surface area (Å²) in [4.78, 5) is 4.75. The molecule has 1 fully saturated rings. The zero-order valence-electron chi connectivity index (χ0n) is 12.9. The minimum Gasteiger partial charge on any atom is -0.294 e. The number of hydrogen-bond donors (Lipinski definition) is 0. The number of fused-ring (bicyclic) bond motifs is 1. The molecule has 0 unspecified atom stereocenters. The van der Waals surface area contributed by atoms with Crippen LogP contribution in [-0.4, -0.2) is 22.7 Å². The van der Waals surface area contributed by atoms with Gasteiger partial charge in [0.2, 0.25) is 7.29 Å². The Bertz CT molecular complexity index is 823. The number of thiazole rings is 1. The lowest BCUT2D eigenvalue weighted by Crippen LogP contribution is -2.35. The predicted octanol–water partition coefficient (Wildman–Crippen LogP) is 4.01. The van der Waals surface area contributed by atoms with E-state index in [2.05, 4.69) is 10.7 Å². The van der Waals surface area contributed by atoms with Crippen molar-refractivity contribution in [1.82, 2.24) is 9.65 Å². The van der Waals surface area contributed by atoms with Crippen LogP contribution in [0.3, 0.4) is 0 Å². The van der Waals surface area contributed by atoms with Crippen LogP contribution in [0.5, 0.6) is 0 Å². The largest absolute Gasteiger partial charge is 0.294 e. The molecular weight excluding hydrogens is 323 g/mol. The number of rotatable bonds is 3. The Balaban J connectivity index is 1.89. The number of piperidine rings is 1. The van der Waals surface area contributed by atoms with Gasteiger partial charge in [0.15, 0.2) is 4.75 Å². The molecular formula is C18H19N2OPS. The number of benzene rings is 2. The summed E-state index contributed by atoms with van der Waals surface area (Å²) in [5.41, 5.74) is 0.945. The maximum atomic E-state index is 14.2. The number of para-hydroxylation sites is 1. The molecule has 1 aliphatic rings. The highest BCUT2D eigenvalue weighted by molar-refractivity contribution is 7.81. The van der Waals surface area contributed by atoms with Crippen LogP contribution in [0.25, 0.3) is 10.2 Å². The van der Waals surface area contributed by atoms with Crippen molar-refractivity contribution < 1.29 is 4.57 Å². The Morgan fingerprint density at radius 2 is 1.61 bits per heavy atom. The van der Waals surface area contributed by atoms with Gasteiger partial charge in [-0.1, -0.05) is 36.8 Å². The van der Waals surface area contributed by atoms with Gasteiger partial charge >= 0.3 is 0 Å². The van der Waals surface area contributed by atoms with Crippen molar-refractivity contribution in [2.45, 2.75) is 19.3 Å². The molecule has 0 saturated carbocycles. The fraction of sp³-hybridized carbons (Fsp3) is 0.278. The number of nitrogens with zero attached hydrogens (tertiary/aromatic N) is 2. The van der Waals surface area contributed by atoms with Crippen molar-refractivity contribution in [3.63, 3.8) is 0 Å². The summed E-state index contributed by atoms with van der Waals surface area (Å²) in [7, 11) is -2.83. The second-order valence-corrected chi connectivity index (χ2v) is 9.88. The van der Waals surface area contributed by atoms with Gasteiger partial charge in [0.1, 0.15) is 0 Å². The molecule has 3 aromatic rings. The molecule has 3 nitrogen and oxygen atoms in total. The molecule has 23 heavy (non-hydrogen) atoms. The molecule has 118 valence electrons. The number of aromatic nitrogens is 1. The Labute approximate surface area is 140 Å². The summed E-state index contributed by atoms with van der Waals surface area (Å²) in [6.07, 6.45) is 3.45. The molecule has 1 aromatic heterocycles. The normalized spacial score (nSPS) is 18.8. The van der Waals surface area contributed by atoms with E-state index in [-0.39, 0.29) is 0 Å². The van der Waals surface area contributed by atoms with E-state index in [0.717, 1.165) is 46.2 Å². The van der Waals surface area contributed by atoms with Crippen LogP contribution in [0.4, 0.5) is 0 Å². The van der Waals surface area contributed by atoms with E-state index in [1.54, 1.807) is 11.3 Å². The van der Waals surface area contributed by atoms with Crippen LogP contribution in [0.2, 0.25) is 0 Å². The lowest BCUT2D eigenvalue weighted by atomic mass is 10.2. The molecule has 0 radical (unpaired) electrons. The lowest BCUT2D eigenvalue weighted by molar-refractivity contribution is 0.352. The van der Waals surface area contributed by atoms with E-state index in [9.17, 15) is 4.57 Å². The highest BCUT2D eigenvalue weighted by Crippen LogP contribution is 2.50. The molecule has 0 bridgehead atoms. The average Bonchev–Trinajstić information content (AvgIpc) is 3.07. The van der Waals surface area contributed by atoms with Gasteiger partial charge in [-0.3, -0.25) is 4.57 Å². The van der Waals surface area contributed by atoms with E-state index in [1.807, 2.05) is 48.5 Å². The van der Waals surface area contributed by atoms with Crippen molar-refractivity contribution in [3.8, 4) is 0 Å². The van der Waals surface area contributed by atoms with Crippen molar-refractivity contribution in [2.24, 2.45) is 0 Å². The lowest BCUT2D eigenvalue weighted by Gasteiger charge is -2.33. The first-order valence-corrected chi connectivity index (χ1v) is 10.5. The van der Waals surface area contributed by atoms with E-state index >= 15 is 0 Å². The minimum absolute atomic E-state index is 0.770. The summed E-state index contributed by atoms with van der Waals surface area (Å²) in [6.45, 7) is 1.78. The zero-order valence-corrected chi connectivity index (χ0v) is 14.6. The predicted molar refractivity (Wildman–Crippen MR) is 98.4 cm³/mol. The van der Waals surface area contributed by atoms with Gasteiger partial charge in [-0.15, -0.1) is 11.3 Å². The first-order valence-electron chi connectivity index (χ1n) is 8.06. The van der Waals surface area contributed by atoms with Gasteiger partial charge in [-0.2, -0.15) is 0 Å². The summed E-state index contributed by atoms with van der Waals surface area (Å²) < 4.78 is 18.3. The Hall–Kier alpha value is -1.48. The quantitative estimate of drug-likeness (QED) is 0.674. The van der Waals surface area contributed by atoms with Crippen molar-refractivity contribution in [2.75, 3.05) is 13.1 Å². The SMILES string of the molecule is O=[P@](c1ccccc1)(c1nc2ccccc2s1)N1CCCCC1. The molecule has 4 rings (SSSR count). The third-order valence-corrected chi connectivity index (χ3v) is 9.05. The molecule has 0 spiro atoms. The Morgan fingerprint density at radius 1 is 0.913 bits per heavy atom. The maximum absolute atomic E-state index is 14.2. The van der Waals surface area contributed by atoms with Crippen molar-refractivity contribution in [3.05, 3.63) is 54.6 Å². The summed E-state index contributed by atoms with van der Waals surface area (Å²) >= 11 is 1.58. The highest BCUT2D eigenvalue weighted by atomic mass is 32.1. The fourth-order valence-electron chi connectivity index (χ4n) is 3.17. The van der Waals surface area contributed by atoms with E-state index in [4.69, 9.17) is 4.98 Å². The van der Waals surface area contributed by atoms with Gasteiger partial charge in [0.25, 0.3) is 0 Å². The second kappa shape index (κ2) is 6.20. The van der Waals surface area contributed by atoms with Crippen LogP contribution in [0.15, 0.2) is 54.6 Å². The van der Waals surface area contributed by atoms with Crippen molar-refractivity contribution in [1.29, 1.82) is 0 Å². The summed E-state index contributed by atoms with van der Waals surface area (Å²) in [5, 5.41) is 0.904. The van der Waals surface area contributed by atoms with E-state index in [0.29, 0.717) is 0 Å². The molecule has 2 heterocycles. The Morgan fingerprint density at radius 3 is 2.35 bits per heavy atom. The van der Waals surface area contributed by atoms with Crippen LogP contribution < -0.4 is 10.1 Å². The van der Waals surface area contributed by atoms with Crippen LogP contribution in [-0.2, 0) is 4.57 Å². The van der Waals surface area contributed by atoms with Gasteiger partial charge in [0, 0.05) is 18.4 Å². The van der Waals surface area contributed by atoms with Crippen molar-refractivity contribution >= 4 is 38.9 Å². The Kier molecular flexibility index (Phi) is 4.06. The van der Waals surface area contributed by atoms with Crippen LogP contribution in [0.1, 0.15) is 19.3 Å². The standard InChI is InChI=1S/C18H19N2OPS/c21-22(15-9-3-1-4-10-15,20-13-7-2-8-14-20)18-19-16-11-5-6-12-17(16)23-18/h1,3-6,9-12H,2,7-8,13-14H2/t22-/m1/s1. The third-order valence-electron chi connectivity index (χ3n) is 4.38. The highest BCUT2D eigenvalue weighted by Gasteiger charge is 2.38. The number of hydrogen-bond acceptors (Lipinski definition) is 3. The summed E-state index contributed by atoms with van der Waals surface area (Å²) in [6, 6.07) is 17.9. The zero-order chi connectivity index (χ0) is 15.7. The molecule has 0 aliphatic carbocycles. The fourth-order valence-corrected chi connectivity index (χ4v) is 7.79. The molecule has 1 saturated heterocycles. The molecule has 1 atom stereocenters. The first kappa shape index (κ1) is 15.1. The molecule has 1 aliphatic heterocycles. The maximum Gasteiger partial charge on any atom is 0.234 e. The van der Waals surface area contributed by atoms with Gasteiger partial charge < -0.3 is 0 Å². The van der Waals surface area contributed by atoms with Crippen LogP contribution in [0, 0.1) is 0 Å². The smallest absolute Gasteiger partial charge is 0.234 e. The third kappa shape index (κ3) is 2.65. The van der Waals surface area contributed by atoms with E-state index < -0.39 is 7.29 Å². The molecule has 0 amide bonds. The van der Waals surface area contributed by atoms with Gasteiger partial charge in [0.05, 0.1) is 10.2 Å². The second-order valence-electron chi connectivity index (χ2n) is 5.89. The van der Waals surface area contributed by atoms with Gasteiger partial charge in [-0.05, 0) is 37.1 Å². The van der Waals surface area contributed by atoms with E-state index in [1.165, 1.54) is 6.42 Å². The molecule has 0 N–H and O–H groups in total. The minimum atomic E-state index is -2.83. The summed E-state index contributed by atoms with van der Waals surface area (Å²) in [5.74, 6) is 0. The molecule has 2 aromatic carbocycles. The van der Waals surface area contributed by atoms with Crippen LogP contribution >= 0.6 is 18.6 Å². The monoisotopic (exact) mass is 342 g/mol.